The summed E-state index contributed by atoms with van der Waals surface area (Å²) in [5.41, 5.74) is 16.7. The molecule has 7 aromatic carbocycles. The van der Waals surface area contributed by atoms with Crippen molar-refractivity contribution in [1.82, 2.24) is 0 Å². The van der Waals surface area contributed by atoms with Gasteiger partial charge in [-0.15, -0.1) is 0 Å². The van der Waals surface area contributed by atoms with E-state index in [1.165, 1.54) is 54.4 Å². The second-order valence-electron chi connectivity index (χ2n) is 14.0. The lowest BCUT2D eigenvalue weighted by molar-refractivity contribution is 0.640. The third-order valence-corrected chi connectivity index (χ3v) is 10.3. The van der Waals surface area contributed by atoms with E-state index < -0.39 is 0 Å². The molecule has 0 aromatic heterocycles. The van der Waals surface area contributed by atoms with E-state index in [2.05, 4.69) is 184 Å². The molecule has 0 aliphatic rings. The molecule has 256 valence electrons. The van der Waals surface area contributed by atoms with Crippen molar-refractivity contribution in [3.8, 4) is 44.5 Å². The molecule has 0 amide bonds. The van der Waals surface area contributed by atoms with E-state index in [0.717, 1.165) is 62.1 Å². The molecule has 0 aliphatic heterocycles. The van der Waals surface area contributed by atoms with Gasteiger partial charge in [-0.1, -0.05) is 165 Å². The lowest BCUT2D eigenvalue weighted by atomic mass is 9.82. The first-order valence-electron chi connectivity index (χ1n) is 18.7. The van der Waals surface area contributed by atoms with Gasteiger partial charge in [0.15, 0.2) is 0 Å². The van der Waals surface area contributed by atoms with E-state index in [9.17, 15) is 5.41 Å². The largest absolute Gasteiger partial charge is 0.300 e. The number of benzene rings is 7. The number of nitrogens with one attached hydrogen (secondary N) is 1. The van der Waals surface area contributed by atoms with Gasteiger partial charge in [-0.05, 0) is 124 Å². The minimum absolute atomic E-state index is 0.553. The molecule has 1 N–H and O–H groups in total. The minimum Gasteiger partial charge on any atom is -0.300 e. The van der Waals surface area contributed by atoms with Crippen LogP contribution in [0.2, 0.25) is 0 Å². The highest BCUT2D eigenvalue weighted by Gasteiger charge is 2.21. The van der Waals surface area contributed by atoms with Gasteiger partial charge >= 0.3 is 0 Å². The average molecular weight is 674 g/mol. The fourth-order valence-electron chi connectivity index (χ4n) is 7.55. The smallest absolute Gasteiger partial charge is 0.0696 e. The molecular formula is C51H47N. The maximum atomic E-state index is 9.86. The first-order valence-corrected chi connectivity index (χ1v) is 18.7. The molecule has 0 bridgehead atoms. The lowest BCUT2D eigenvalue weighted by Crippen LogP contribution is -2.09. The minimum atomic E-state index is 0.553. The summed E-state index contributed by atoms with van der Waals surface area (Å²) in [4.78, 5) is 0. The van der Waals surface area contributed by atoms with Crippen LogP contribution in [0, 0.1) is 19.3 Å². The predicted molar refractivity (Wildman–Crippen MR) is 222 cm³/mol. The summed E-state index contributed by atoms with van der Waals surface area (Å²) >= 11 is 0. The van der Waals surface area contributed by atoms with Crippen LogP contribution in [0.5, 0.6) is 0 Å². The lowest BCUT2D eigenvalue weighted by Gasteiger charge is -2.21. The Bertz CT molecular complexity index is 2240. The molecule has 0 aliphatic carbocycles. The molecule has 52 heavy (non-hydrogen) atoms. The van der Waals surface area contributed by atoms with Gasteiger partial charge in [0, 0.05) is 11.1 Å². The third-order valence-electron chi connectivity index (χ3n) is 10.3. The van der Waals surface area contributed by atoms with E-state index in [1.54, 1.807) is 0 Å². The highest BCUT2D eigenvalue weighted by molar-refractivity contribution is 6.18. The normalized spacial score (nSPS) is 11.0. The zero-order valence-electron chi connectivity index (χ0n) is 30.4. The number of unbranched alkanes of at least 4 members (excludes halogenated alkanes) is 3. The van der Waals surface area contributed by atoms with Crippen molar-refractivity contribution in [1.29, 1.82) is 5.41 Å². The average Bonchev–Trinajstić information content (AvgIpc) is 3.20. The van der Waals surface area contributed by atoms with E-state index in [0.29, 0.717) is 5.71 Å². The topological polar surface area (TPSA) is 23.9 Å². The molecule has 7 rings (SSSR count). The van der Waals surface area contributed by atoms with Crippen molar-refractivity contribution in [2.24, 2.45) is 0 Å². The third kappa shape index (κ3) is 8.06. The van der Waals surface area contributed by atoms with Crippen molar-refractivity contribution in [3.63, 3.8) is 0 Å². The van der Waals surface area contributed by atoms with Crippen LogP contribution in [-0.2, 0) is 12.8 Å². The van der Waals surface area contributed by atoms with E-state index in [4.69, 9.17) is 0 Å². The Morgan fingerprint density at radius 1 is 0.404 bits per heavy atom. The van der Waals surface area contributed by atoms with Crippen LogP contribution in [0.3, 0.4) is 0 Å². The number of rotatable bonds is 13. The molecule has 0 atom stereocenters. The Hall–Kier alpha value is -5.79. The molecule has 0 unspecified atom stereocenters. The van der Waals surface area contributed by atoms with Crippen molar-refractivity contribution in [2.45, 2.75) is 52.4 Å². The van der Waals surface area contributed by atoms with Crippen LogP contribution in [0.4, 0.5) is 0 Å². The molecule has 0 radical (unpaired) electrons. The van der Waals surface area contributed by atoms with Crippen LogP contribution in [0.15, 0.2) is 170 Å². The Kier molecular flexibility index (Phi) is 11.0. The summed E-state index contributed by atoms with van der Waals surface area (Å²) in [7, 11) is 0. The van der Waals surface area contributed by atoms with Crippen LogP contribution in [-0.4, -0.2) is 5.71 Å². The second-order valence-corrected chi connectivity index (χ2v) is 14.0. The molecule has 0 saturated carbocycles. The Balaban J connectivity index is 1.25. The maximum absolute atomic E-state index is 9.86. The summed E-state index contributed by atoms with van der Waals surface area (Å²) in [6.07, 6.45) is 7.23. The summed E-state index contributed by atoms with van der Waals surface area (Å²) in [6, 6.07) is 61.0. The molecule has 0 spiro atoms. The van der Waals surface area contributed by atoms with Gasteiger partial charge in [-0.3, -0.25) is 5.41 Å². The standard InChI is InChI=1S/C51H47N/c1-37-19-16-20-38(2)49(37)51(52)48-36-46(41-26-12-6-13-27-41)35-47(42-28-14-7-15-29-42)50(48)45-32-18-31-44(34-45)43-30-17-25-40(33-43)24-9-4-3-8-21-39-22-10-5-11-23-39/h5-7,10-20,22-23,25-36,52H,3-4,8-9,21,24H2,1-2H3. The maximum Gasteiger partial charge on any atom is 0.0696 e. The van der Waals surface area contributed by atoms with Crippen LogP contribution < -0.4 is 0 Å². The summed E-state index contributed by atoms with van der Waals surface area (Å²) in [5.74, 6) is 0. The Morgan fingerprint density at radius 3 is 1.58 bits per heavy atom. The fraction of sp³-hybridized carbons (Fsp3) is 0.157. The molecule has 1 nitrogen and oxygen atoms in total. The Labute approximate surface area is 310 Å². The van der Waals surface area contributed by atoms with Crippen LogP contribution in [0.1, 0.15) is 59.1 Å². The summed E-state index contributed by atoms with van der Waals surface area (Å²) in [6.45, 7) is 4.24. The van der Waals surface area contributed by atoms with Crippen molar-refractivity contribution < 1.29 is 0 Å². The molecule has 0 heterocycles. The van der Waals surface area contributed by atoms with E-state index >= 15 is 0 Å². The molecule has 0 saturated heterocycles. The van der Waals surface area contributed by atoms with E-state index in [1.807, 2.05) is 0 Å². The van der Waals surface area contributed by atoms with Gasteiger partial charge in [-0.25, -0.2) is 0 Å². The summed E-state index contributed by atoms with van der Waals surface area (Å²) in [5, 5.41) is 9.86. The first-order chi connectivity index (χ1) is 25.5. The number of hydrogen-bond acceptors (Lipinski definition) is 1. The molecule has 7 aromatic rings. The second kappa shape index (κ2) is 16.5. The van der Waals surface area contributed by atoms with Crippen molar-refractivity contribution >= 4 is 5.71 Å². The summed E-state index contributed by atoms with van der Waals surface area (Å²) < 4.78 is 0. The molecule has 1 heteroatoms. The predicted octanol–water partition coefficient (Wildman–Crippen LogP) is 13.7. The van der Waals surface area contributed by atoms with Gasteiger partial charge in [0.25, 0.3) is 0 Å². The molecular weight excluding hydrogens is 627 g/mol. The van der Waals surface area contributed by atoms with E-state index in [-0.39, 0.29) is 0 Å². The van der Waals surface area contributed by atoms with Gasteiger partial charge in [-0.2, -0.15) is 0 Å². The number of aryl methyl sites for hydroxylation is 4. The highest BCUT2D eigenvalue weighted by Crippen LogP contribution is 2.41. The monoisotopic (exact) mass is 673 g/mol. The van der Waals surface area contributed by atoms with Gasteiger partial charge < -0.3 is 0 Å². The fourth-order valence-corrected chi connectivity index (χ4v) is 7.55. The first kappa shape index (κ1) is 34.6. The van der Waals surface area contributed by atoms with Gasteiger partial charge in [0.2, 0.25) is 0 Å². The quantitative estimate of drug-likeness (QED) is 0.0930. The van der Waals surface area contributed by atoms with Gasteiger partial charge in [0.1, 0.15) is 0 Å². The Morgan fingerprint density at radius 2 is 0.904 bits per heavy atom. The highest BCUT2D eigenvalue weighted by atomic mass is 14.4. The van der Waals surface area contributed by atoms with Crippen molar-refractivity contribution in [2.75, 3.05) is 0 Å². The number of hydrogen-bond donors (Lipinski definition) is 1. The SMILES string of the molecule is Cc1cccc(C)c1C(=N)c1cc(-c2ccccc2)cc(-c2ccccc2)c1-c1cccc(-c2cccc(CCCCCCc3ccccc3)c2)c1. The molecule has 0 fully saturated rings. The van der Waals surface area contributed by atoms with Crippen LogP contribution >= 0.6 is 0 Å². The van der Waals surface area contributed by atoms with Crippen LogP contribution in [0.25, 0.3) is 44.5 Å². The zero-order valence-corrected chi connectivity index (χ0v) is 30.4. The zero-order chi connectivity index (χ0) is 35.7. The van der Waals surface area contributed by atoms with Gasteiger partial charge in [0.05, 0.1) is 5.71 Å². The van der Waals surface area contributed by atoms with Crippen molar-refractivity contribution in [3.05, 3.63) is 203 Å².